The van der Waals surface area contributed by atoms with Crippen molar-refractivity contribution < 1.29 is 23.8 Å². The largest absolute Gasteiger partial charge is 0.497 e. The van der Waals surface area contributed by atoms with E-state index in [9.17, 15) is 4.79 Å². The number of piperidine rings is 1. The Morgan fingerprint density at radius 1 is 1.06 bits per heavy atom. The molecule has 2 aliphatic rings. The lowest BCUT2D eigenvalue weighted by molar-refractivity contribution is -0.143. The third-order valence-electron chi connectivity index (χ3n) is 5.66. The van der Waals surface area contributed by atoms with Crippen LogP contribution in [-0.4, -0.2) is 56.0 Å². The predicted molar refractivity (Wildman–Crippen MR) is 117 cm³/mol. The first-order valence-corrected chi connectivity index (χ1v) is 10.6. The van der Waals surface area contributed by atoms with Crippen LogP contribution in [0.3, 0.4) is 0 Å². The number of amides is 1. The van der Waals surface area contributed by atoms with Crippen LogP contribution in [0.4, 0.5) is 0 Å². The maximum atomic E-state index is 12.9. The standard InChI is InChI=1S/C24H28N2O5/c1-28-20-7-5-6-17(15-20)14-18-16-23(31-25-18)24(27)26-12-10-19(11-13-26)30-22-9-4-3-8-21(22)29-2/h3-9,15,19,23H,10-14,16H2,1-2H3/t23-/m1/s1. The highest BCUT2D eigenvalue weighted by atomic mass is 16.6. The summed E-state index contributed by atoms with van der Waals surface area (Å²) in [4.78, 5) is 20.2. The number of methoxy groups -OCH3 is 2. The lowest BCUT2D eigenvalue weighted by Crippen LogP contribution is -2.46. The van der Waals surface area contributed by atoms with Gasteiger partial charge in [0.2, 0.25) is 6.10 Å². The van der Waals surface area contributed by atoms with Crippen LogP contribution in [0, 0.1) is 0 Å². The molecule has 0 aromatic heterocycles. The molecule has 0 bridgehead atoms. The third kappa shape index (κ3) is 5.10. The van der Waals surface area contributed by atoms with Gasteiger partial charge in [0.05, 0.1) is 19.9 Å². The Balaban J connectivity index is 1.26. The van der Waals surface area contributed by atoms with Crippen LogP contribution in [0.15, 0.2) is 53.7 Å². The van der Waals surface area contributed by atoms with Gasteiger partial charge in [-0.05, 0) is 29.8 Å². The van der Waals surface area contributed by atoms with Gasteiger partial charge in [0.1, 0.15) is 11.9 Å². The summed E-state index contributed by atoms with van der Waals surface area (Å²) >= 11 is 0. The number of hydrogen-bond donors (Lipinski definition) is 0. The number of oxime groups is 1. The number of carbonyl (C=O) groups is 1. The van der Waals surface area contributed by atoms with Gasteiger partial charge in [-0.15, -0.1) is 0 Å². The minimum Gasteiger partial charge on any atom is -0.497 e. The van der Waals surface area contributed by atoms with E-state index in [0.29, 0.717) is 25.9 Å². The lowest BCUT2D eigenvalue weighted by atomic mass is 10.0. The fraction of sp³-hybridized carbons (Fsp3) is 0.417. The van der Waals surface area contributed by atoms with Crippen molar-refractivity contribution in [3.05, 3.63) is 54.1 Å². The number of carbonyl (C=O) groups excluding carboxylic acids is 1. The first kappa shape index (κ1) is 21.0. The molecule has 0 aliphatic carbocycles. The topological polar surface area (TPSA) is 69.6 Å². The predicted octanol–water partition coefficient (Wildman–Crippen LogP) is 3.46. The molecule has 2 aromatic carbocycles. The van der Waals surface area contributed by atoms with Crippen LogP contribution in [-0.2, 0) is 16.1 Å². The van der Waals surface area contributed by atoms with Crippen LogP contribution in [0.25, 0.3) is 0 Å². The molecule has 0 spiro atoms. The van der Waals surface area contributed by atoms with Gasteiger partial charge in [-0.3, -0.25) is 4.79 Å². The van der Waals surface area contributed by atoms with Gasteiger partial charge >= 0.3 is 0 Å². The summed E-state index contributed by atoms with van der Waals surface area (Å²) in [6.07, 6.45) is 2.24. The van der Waals surface area contributed by atoms with Gasteiger partial charge in [0.25, 0.3) is 5.91 Å². The molecule has 7 nitrogen and oxygen atoms in total. The Kier molecular flexibility index (Phi) is 6.60. The number of para-hydroxylation sites is 2. The molecule has 2 aliphatic heterocycles. The number of likely N-dealkylation sites (tertiary alicyclic amines) is 1. The molecule has 0 N–H and O–H groups in total. The molecule has 1 saturated heterocycles. The molecule has 1 atom stereocenters. The summed E-state index contributed by atoms with van der Waals surface area (Å²) < 4.78 is 16.7. The summed E-state index contributed by atoms with van der Waals surface area (Å²) in [5, 5.41) is 4.16. The van der Waals surface area contributed by atoms with Gasteiger partial charge in [-0.25, -0.2) is 0 Å². The Hall–Kier alpha value is -3.22. The molecule has 0 unspecified atom stereocenters. The van der Waals surface area contributed by atoms with E-state index in [4.69, 9.17) is 19.0 Å². The zero-order chi connectivity index (χ0) is 21.6. The SMILES string of the molecule is COc1cccc(CC2=NO[C@@H](C(=O)N3CCC(Oc4ccccc4OC)CC3)C2)c1. The molecule has 31 heavy (non-hydrogen) atoms. The second-order valence-corrected chi connectivity index (χ2v) is 7.78. The maximum absolute atomic E-state index is 12.9. The summed E-state index contributed by atoms with van der Waals surface area (Å²) in [6.45, 7) is 1.29. The molecule has 7 heteroatoms. The van der Waals surface area contributed by atoms with E-state index < -0.39 is 6.10 Å². The van der Waals surface area contributed by atoms with E-state index in [-0.39, 0.29) is 12.0 Å². The van der Waals surface area contributed by atoms with Crippen LogP contribution in [0.1, 0.15) is 24.8 Å². The lowest BCUT2D eigenvalue weighted by Gasteiger charge is -2.33. The van der Waals surface area contributed by atoms with Crippen LogP contribution >= 0.6 is 0 Å². The van der Waals surface area contributed by atoms with Crippen molar-refractivity contribution in [1.82, 2.24) is 4.90 Å². The maximum Gasteiger partial charge on any atom is 0.266 e. The Bertz CT molecular complexity index is 937. The highest BCUT2D eigenvalue weighted by Gasteiger charge is 2.34. The van der Waals surface area contributed by atoms with Gasteiger partial charge in [0, 0.05) is 38.8 Å². The van der Waals surface area contributed by atoms with Gasteiger partial charge in [0.15, 0.2) is 11.5 Å². The summed E-state index contributed by atoms with van der Waals surface area (Å²) in [5.74, 6) is 2.27. The zero-order valence-electron chi connectivity index (χ0n) is 18.0. The van der Waals surface area contributed by atoms with Crippen molar-refractivity contribution in [2.24, 2.45) is 5.16 Å². The van der Waals surface area contributed by atoms with Crippen molar-refractivity contribution in [3.8, 4) is 17.2 Å². The molecule has 0 radical (unpaired) electrons. The fourth-order valence-corrected chi connectivity index (χ4v) is 3.97. The first-order valence-electron chi connectivity index (χ1n) is 10.6. The molecule has 4 rings (SSSR count). The average Bonchev–Trinajstić information content (AvgIpc) is 3.28. The monoisotopic (exact) mass is 424 g/mol. The van der Waals surface area contributed by atoms with E-state index in [0.717, 1.165) is 41.4 Å². The van der Waals surface area contributed by atoms with E-state index in [1.807, 2.05) is 53.4 Å². The third-order valence-corrected chi connectivity index (χ3v) is 5.66. The first-order chi connectivity index (χ1) is 15.2. The number of nitrogens with zero attached hydrogens (tertiary/aromatic N) is 2. The van der Waals surface area contributed by atoms with Crippen LogP contribution < -0.4 is 14.2 Å². The Labute approximate surface area is 182 Å². The van der Waals surface area contributed by atoms with Gasteiger partial charge < -0.3 is 23.9 Å². The molecule has 1 amide bonds. The summed E-state index contributed by atoms with van der Waals surface area (Å²) in [5.41, 5.74) is 1.96. The highest BCUT2D eigenvalue weighted by molar-refractivity contribution is 5.94. The second kappa shape index (κ2) is 9.73. The van der Waals surface area contributed by atoms with E-state index in [2.05, 4.69) is 5.16 Å². The zero-order valence-corrected chi connectivity index (χ0v) is 18.0. The number of rotatable bonds is 7. The fourth-order valence-electron chi connectivity index (χ4n) is 3.97. The van der Waals surface area contributed by atoms with E-state index in [1.54, 1.807) is 14.2 Å². The molecule has 2 heterocycles. The van der Waals surface area contributed by atoms with E-state index >= 15 is 0 Å². The summed E-state index contributed by atoms with van der Waals surface area (Å²) in [6, 6.07) is 15.5. The Morgan fingerprint density at radius 2 is 1.84 bits per heavy atom. The highest BCUT2D eigenvalue weighted by Crippen LogP contribution is 2.29. The average molecular weight is 424 g/mol. The molecule has 0 saturated carbocycles. The van der Waals surface area contributed by atoms with Crippen molar-refractivity contribution >= 4 is 11.6 Å². The van der Waals surface area contributed by atoms with Crippen molar-refractivity contribution in [2.45, 2.75) is 37.9 Å². The normalized spacial score (nSPS) is 18.8. The molecule has 164 valence electrons. The number of hydrogen-bond acceptors (Lipinski definition) is 6. The number of ether oxygens (including phenoxy) is 3. The van der Waals surface area contributed by atoms with Gasteiger partial charge in [-0.1, -0.05) is 29.4 Å². The van der Waals surface area contributed by atoms with Crippen LogP contribution in [0.2, 0.25) is 0 Å². The van der Waals surface area contributed by atoms with Gasteiger partial charge in [-0.2, -0.15) is 0 Å². The minimum absolute atomic E-state index is 0.000124. The van der Waals surface area contributed by atoms with Crippen molar-refractivity contribution in [2.75, 3.05) is 27.3 Å². The summed E-state index contributed by atoms with van der Waals surface area (Å²) in [7, 11) is 3.28. The van der Waals surface area contributed by atoms with Crippen molar-refractivity contribution in [3.63, 3.8) is 0 Å². The minimum atomic E-state index is -0.535. The quantitative estimate of drug-likeness (QED) is 0.681. The molecular formula is C24H28N2O5. The second-order valence-electron chi connectivity index (χ2n) is 7.78. The molecule has 1 fully saturated rings. The molecular weight excluding hydrogens is 396 g/mol. The van der Waals surface area contributed by atoms with E-state index in [1.165, 1.54) is 0 Å². The Morgan fingerprint density at radius 3 is 2.58 bits per heavy atom. The number of benzene rings is 2. The van der Waals surface area contributed by atoms with Crippen molar-refractivity contribution in [1.29, 1.82) is 0 Å². The molecule has 2 aromatic rings. The van der Waals surface area contributed by atoms with Crippen LogP contribution in [0.5, 0.6) is 17.2 Å². The smallest absolute Gasteiger partial charge is 0.266 e.